The molecule has 6 heteroatoms. The molecular formula is C14H21ClN4O. The molecule has 0 amide bonds. The summed E-state index contributed by atoms with van der Waals surface area (Å²) in [6.07, 6.45) is 1.35. The van der Waals surface area contributed by atoms with E-state index in [1.54, 1.807) is 6.20 Å². The topological polar surface area (TPSA) is 42.8 Å². The molecule has 2 fully saturated rings. The molecule has 0 bridgehead atoms. The maximum absolute atomic E-state index is 10.3. The van der Waals surface area contributed by atoms with Crippen molar-refractivity contribution in [3.63, 3.8) is 0 Å². The zero-order valence-electron chi connectivity index (χ0n) is 11.7. The summed E-state index contributed by atoms with van der Waals surface area (Å²) < 4.78 is 0. The number of aliphatic hydroxyl groups excluding tert-OH is 1. The van der Waals surface area contributed by atoms with E-state index in [1.807, 2.05) is 12.1 Å². The molecule has 1 N–H and O–H groups in total. The van der Waals surface area contributed by atoms with Gasteiger partial charge in [0.1, 0.15) is 5.82 Å². The molecule has 2 atom stereocenters. The number of aromatic nitrogens is 1. The van der Waals surface area contributed by atoms with Crippen LogP contribution in [0.5, 0.6) is 0 Å². The first-order valence-corrected chi connectivity index (χ1v) is 7.48. The van der Waals surface area contributed by atoms with Crippen molar-refractivity contribution >= 4 is 17.4 Å². The summed E-state index contributed by atoms with van der Waals surface area (Å²) in [4.78, 5) is 11.2. The summed E-state index contributed by atoms with van der Waals surface area (Å²) in [7, 11) is 2.15. The molecule has 20 heavy (non-hydrogen) atoms. The lowest BCUT2D eigenvalue weighted by Crippen LogP contribution is -2.52. The number of β-amino-alcohol motifs (C(OH)–C–C–N with tert-alkyl or cyclic N) is 1. The lowest BCUT2D eigenvalue weighted by molar-refractivity contribution is 0.0512. The Kier molecular flexibility index (Phi) is 4.12. The van der Waals surface area contributed by atoms with Gasteiger partial charge in [-0.05, 0) is 19.2 Å². The van der Waals surface area contributed by atoms with Crippen LogP contribution < -0.4 is 4.90 Å². The number of hydrogen-bond donors (Lipinski definition) is 1. The quantitative estimate of drug-likeness (QED) is 0.862. The van der Waals surface area contributed by atoms with E-state index in [1.165, 1.54) is 0 Å². The van der Waals surface area contributed by atoms with Gasteiger partial charge in [-0.25, -0.2) is 4.98 Å². The van der Waals surface area contributed by atoms with Gasteiger partial charge in [0.15, 0.2) is 0 Å². The molecule has 0 radical (unpaired) electrons. The second kappa shape index (κ2) is 5.85. The van der Waals surface area contributed by atoms with Crippen LogP contribution in [0, 0.1) is 0 Å². The number of pyridine rings is 1. The Labute approximate surface area is 124 Å². The van der Waals surface area contributed by atoms with E-state index in [4.69, 9.17) is 11.6 Å². The lowest BCUT2D eigenvalue weighted by atomic mass is 10.1. The van der Waals surface area contributed by atoms with Crippen LogP contribution in [-0.4, -0.2) is 78.4 Å². The van der Waals surface area contributed by atoms with Gasteiger partial charge in [0.25, 0.3) is 0 Å². The predicted octanol–water partition coefficient (Wildman–Crippen LogP) is 0.532. The third-order valence-electron chi connectivity index (χ3n) is 4.30. The van der Waals surface area contributed by atoms with Crippen LogP contribution in [0.15, 0.2) is 18.3 Å². The maximum Gasteiger partial charge on any atom is 0.128 e. The van der Waals surface area contributed by atoms with Gasteiger partial charge in [-0.2, -0.15) is 0 Å². The van der Waals surface area contributed by atoms with Crippen molar-refractivity contribution in [2.75, 3.05) is 51.2 Å². The van der Waals surface area contributed by atoms with Gasteiger partial charge in [0, 0.05) is 45.5 Å². The van der Waals surface area contributed by atoms with E-state index in [0.717, 1.165) is 38.5 Å². The van der Waals surface area contributed by atoms with Gasteiger partial charge in [-0.15, -0.1) is 0 Å². The number of hydrogen-bond acceptors (Lipinski definition) is 5. The molecule has 110 valence electrons. The van der Waals surface area contributed by atoms with Crippen molar-refractivity contribution in [2.24, 2.45) is 0 Å². The van der Waals surface area contributed by atoms with Crippen LogP contribution in [-0.2, 0) is 0 Å². The summed E-state index contributed by atoms with van der Waals surface area (Å²) in [5, 5.41) is 11.0. The molecule has 3 heterocycles. The average Bonchev–Trinajstić information content (AvgIpc) is 2.82. The Morgan fingerprint density at radius 3 is 2.60 bits per heavy atom. The van der Waals surface area contributed by atoms with Crippen LogP contribution in [0.4, 0.5) is 5.82 Å². The Bertz CT molecular complexity index is 447. The van der Waals surface area contributed by atoms with Crippen LogP contribution in [0.2, 0.25) is 5.02 Å². The maximum atomic E-state index is 10.3. The number of piperazine rings is 1. The lowest BCUT2D eigenvalue weighted by Gasteiger charge is -2.37. The summed E-state index contributed by atoms with van der Waals surface area (Å²) in [5.74, 6) is 0.894. The van der Waals surface area contributed by atoms with Crippen molar-refractivity contribution in [3.05, 3.63) is 23.4 Å². The molecule has 2 aliphatic heterocycles. The summed E-state index contributed by atoms with van der Waals surface area (Å²) in [6, 6.07) is 3.97. The number of anilines is 1. The monoisotopic (exact) mass is 296 g/mol. The van der Waals surface area contributed by atoms with E-state index >= 15 is 0 Å². The van der Waals surface area contributed by atoms with Crippen molar-refractivity contribution in [1.82, 2.24) is 14.8 Å². The second-order valence-electron chi connectivity index (χ2n) is 5.71. The zero-order valence-corrected chi connectivity index (χ0v) is 12.5. The van der Waals surface area contributed by atoms with Crippen molar-refractivity contribution in [2.45, 2.75) is 12.1 Å². The minimum Gasteiger partial charge on any atom is -0.390 e. The Hall–Kier alpha value is -0.880. The van der Waals surface area contributed by atoms with E-state index in [2.05, 4.69) is 26.7 Å². The first-order chi connectivity index (χ1) is 9.63. The highest BCUT2D eigenvalue weighted by atomic mass is 35.5. The van der Waals surface area contributed by atoms with Gasteiger partial charge in [0.05, 0.1) is 17.2 Å². The molecular weight excluding hydrogens is 276 g/mol. The smallest absolute Gasteiger partial charge is 0.128 e. The van der Waals surface area contributed by atoms with E-state index in [-0.39, 0.29) is 12.1 Å². The molecule has 0 aromatic carbocycles. The average molecular weight is 297 g/mol. The van der Waals surface area contributed by atoms with Crippen LogP contribution in [0.1, 0.15) is 0 Å². The SMILES string of the molecule is CN1CCN([C@H]2CN(c3ccc(Cl)cn3)C[C@@H]2O)CC1. The van der Waals surface area contributed by atoms with Crippen molar-refractivity contribution in [1.29, 1.82) is 0 Å². The summed E-state index contributed by atoms with van der Waals surface area (Å²) in [6.45, 7) is 5.68. The molecule has 1 aromatic heterocycles. The molecule has 3 rings (SSSR count). The highest BCUT2D eigenvalue weighted by molar-refractivity contribution is 6.30. The highest BCUT2D eigenvalue weighted by Gasteiger charge is 2.36. The van der Waals surface area contributed by atoms with Gasteiger partial charge in [-0.1, -0.05) is 11.6 Å². The van der Waals surface area contributed by atoms with E-state index in [0.29, 0.717) is 11.6 Å². The summed E-state index contributed by atoms with van der Waals surface area (Å²) >= 11 is 5.87. The van der Waals surface area contributed by atoms with Crippen molar-refractivity contribution in [3.8, 4) is 0 Å². The normalized spacial score (nSPS) is 29.1. The fraction of sp³-hybridized carbons (Fsp3) is 0.643. The molecule has 5 nitrogen and oxygen atoms in total. The largest absolute Gasteiger partial charge is 0.390 e. The molecule has 2 saturated heterocycles. The van der Waals surface area contributed by atoms with Gasteiger partial charge < -0.3 is 14.9 Å². The van der Waals surface area contributed by atoms with Gasteiger partial charge in [0.2, 0.25) is 0 Å². The molecule has 1 aromatic rings. The molecule has 0 unspecified atom stereocenters. The number of likely N-dealkylation sites (N-methyl/N-ethyl adjacent to an activating group) is 1. The zero-order chi connectivity index (χ0) is 14.1. The van der Waals surface area contributed by atoms with Gasteiger partial charge in [-0.3, -0.25) is 4.90 Å². The summed E-state index contributed by atoms with van der Waals surface area (Å²) in [5.41, 5.74) is 0. The number of rotatable bonds is 2. The van der Waals surface area contributed by atoms with Crippen molar-refractivity contribution < 1.29 is 5.11 Å². The fourth-order valence-corrected chi connectivity index (χ4v) is 3.14. The van der Waals surface area contributed by atoms with Crippen LogP contribution >= 0.6 is 11.6 Å². The number of halogens is 1. The number of nitrogens with zero attached hydrogens (tertiary/aromatic N) is 4. The first-order valence-electron chi connectivity index (χ1n) is 7.10. The molecule has 2 aliphatic rings. The minimum atomic E-state index is -0.309. The Morgan fingerprint density at radius 2 is 1.95 bits per heavy atom. The van der Waals surface area contributed by atoms with Gasteiger partial charge >= 0.3 is 0 Å². The first kappa shape index (κ1) is 14.1. The Balaban J connectivity index is 1.66. The van der Waals surface area contributed by atoms with E-state index in [9.17, 15) is 5.11 Å². The minimum absolute atomic E-state index is 0.209. The number of aliphatic hydroxyl groups is 1. The molecule has 0 saturated carbocycles. The highest BCUT2D eigenvalue weighted by Crippen LogP contribution is 2.23. The second-order valence-corrected chi connectivity index (χ2v) is 6.15. The van der Waals surface area contributed by atoms with Crippen LogP contribution in [0.3, 0.4) is 0 Å². The standard InChI is InChI=1S/C14H21ClN4O/c1-17-4-6-18(7-5-17)12-9-19(10-13(12)20)14-3-2-11(15)8-16-14/h2-3,8,12-13,20H,4-7,9-10H2,1H3/t12-,13-/m0/s1. The fourth-order valence-electron chi connectivity index (χ4n) is 3.02. The molecule has 0 spiro atoms. The Morgan fingerprint density at radius 1 is 1.20 bits per heavy atom. The predicted molar refractivity (Wildman–Crippen MR) is 80.3 cm³/mol. The third kappa shape index (κ3) is 2.91. The van der Waals surface area contributed by atoms with E-state index < -0.39 is 0 Å². The molecule has 0 aliphatic carbocycles. The third-order valence-corrected chi connectivity index (χ3v) is 4.53. The van der Waals surface area contributed by atoms with Crippen LogP contribution in [0.25, 0.3) is 0 Å².